The van der Waals surface area contributed by atoms with Crippen LogP contribution in [0.25, 0.3) is 11.4 Å². The molecule has 0 radical (unpaired) electrons. The predicted molar refractivity (Wildman–Crippen MR) is 168 cm³/mol. The number of amides is 2. The molecule has 1 N–H and O–H groups in total. The van der Waals surface area contributed by atoms with Gasteiger partial charge in [0.15, 0.2) is 29.0 Å². The van der Waals surface area contributed by atoms with Gasteiger partial charge < -0.3 is 33.6 Å². The molecule has 0 bridgehead atoms. The fourth-order valence-corrected chi connectivity index (χ4v) is 5.69. The first-order chi connectivity index (χ1) is 22.4. The molecule has 5 rings (SSSR count). The maximum absolute atomic E-state index is 14.1. The van der Waals surface area contributed by atoms with Crippen LogP contribution in [0.4, 0.5) is 0 Å². The van der Waals surface area contributed by atoms with Gasteiger partial charge in [-0.2, -0.15) is 4.80 Å². The first-order valence-corrected chi connectivity index (χ1v) is 15.3. The van der Waals surface area contributed by atoms with Gasteiger partial charge in [0, 0.05) is 18.2 Å². The normalized spacial score (nSPS) is 13.9. The van der Waals surface area contributed by atoms with E-state index in [-0.39, 0.29) is 30.9 Å². The van der Waals surface area contributed by atoms with Crippen molar-refractivity contribution < 1.29 is 33.0 Å². The summed E-state index contributed by atoms with van der Waals surface area (Å²) in [6, 6.07) is 13.3. The molecule has 1 atom stereocenters. The number of ether oxygens (including phenoxy) is 4. The highest BCUT2D eigenvalue weighted by Crippen LogP contribution is 2.31. The summed E-state index contributed by atoms with van der Waals surface area (Å²) in [6.45, 7) is -0.0465. The van der Waals surface area contributed by atoms with Crippen molar-refractivity contribution in [1.82, 2.24) is 30.4 Å². The Morgan fingerprint density at radius 1 is 0.935 bits per heavy atom. The monoisotopic (exact) mass is 632 g/mol. The van der Waals surface area contributed by atoms with Crippen LogP contribution in [0.2, 0.25) is 0 Å². The molecule has 4 aromatic rings. The van der Waals surface area contributed by atoms with Gasteiger partial charge in [-0.3, -0.25) is 9.59 Å². The highest BCUT2D eigenvalue weighted by Gasteiger charge is 2.35. The van der Waals surface area contributed by atoms with E-state index < -0.39 is 6.04 Å². The first kappa shape index (κ1) is 32.3. The molecule has 1 fully saturated rings. The number of rotatable bonds is 14. The summed E-state index contributed by atoms with van der Waals surface area (Å²) >= 11 is 0. The quantitative estimate of drug-likeness (QED) is 0.215. The van der Waals surface area contributed by atoms with Crippen molar-refractivity contribution in [2.45, 2.75) is 57.2 Å². The lowest BCUT2D eigenvalue weighted by atomic mass is 9.95. The molecule has 2 amide bonds. The van der Waals surface area contributed by atoms with Crippen LogP contribution in [0.1, 0.15) is 49.5 Å². The molecule has 0 spiro atoms. The van der Waals surface area contributed by atoms with Crippen molar-refractivity contribution in [3.8, 4) is 34.4 Å². The largest absolute Gasteiger partial charge is 0.493 e. The van der Waals surface area contributed by atoms with E-state index in [0.29, 0.717) is 46.6 Å². The number of nitrogens with one attached hydrogen (secondary N) is 1. The third-order valence-corrected chi connectivity index (χ3v) is 8.11. The van der Waals surface area contributed by atoms with Crippen LogP contribution in [-0.4, -0.2) is 77.9 Å². The highest BCUT2D eigenvalue weighted by atomic mass is 16.5. The number of aromatic nitrogens is 4. The molecule has 2 aromatic carbocycles. The number of benzene rings is 2. The second-order valence-electron chi connectivity index (χ2n) is 11.0. The molecule has 0 unspecified atom stereocenters. The Morgan fingerprint density at radius 2 is 1.63 bits per heavy atom. The number of methoxy groups -OCH3 is 4. The van der Waals surface area contributed by atoms with Gasteiger partial charge in [0.05, 0.1) is 34.7 Å². The van der Waals surface area contributed by atoms with Gasteiger partial charge in [0.25, 0.3) is 5.91 Å². The molecule has 1 aliphatic rings. The minimum absolute atomic E-state index is 0.0440. The number of furan rings is 1. The minimum atomic E-state index is -1.00. The van der Waals surface area contributed by atoms with Crippen LogP contribution in [0.5, 0.6) is 23.0 Å². The Balaban J connectivity index is 1.42. The molecule has 13 nitrogen and oxygen atoms in total. The zero-order chi connectivity index (χ0) is 32.5. The second kappa shape index (κ2) is 15.3. The van der Waals surface area contributed by atoms with E-state index in [2.05, 4.69) is 20.7 Å². The van der Waals surface area contributed by atoms with Crippen molar-refractivity contribution in [1.29, 1.82) is 0 Å². The number of hydrogen-bond donors (Lipinski definition) is 1. The van der Waals surface area contributed by atoms with Crippen LogP contribution in [-0.2, 0) is 22.6 Å². The van der Waals surface area contributed by atoms with Crippen LogP contribution >= 0.6 is 0 Å². The highest BCUT2D eigenvalue weighted by molar-refractivity contribution is 5.88. The molecule has 244 valence electrons. The second-order valence-corrected chi connectivity index (χ2v) is 11.0. The Bertz CT molecular complexity index is 1600. The molecule has 0 saturated heterocycles. The Labute approximate surface area is 267 Å². The SMILES string of the molecule is COc1ccc(CCN(C(=O)Cn2nnc(-c3ccc(OC)c(OC)c3)n2)[C@H](C(=O)NC2CCCCC2)c2ccco2)cc1OC. The standard InChI is InChI=1S/C33H40N6O7/c1-42-25-14-12-22(19-28(25)44-3)16-17-38(31(27-11-8-18-46-27)33(41)34-24-9-6-5-7-10-24)30(40)21-39-36-32(35-37-39)23-13-15-26(43-2)29(20-23)45-4/h8,11-15,18-20,24,31H,5-7,9-10,16-17,21H2,1-4H3,(H,34,41)/t31-/m0/s1. The predicted octanol–water partition coefficient (Wildman–Crippen LogP) is 4.23. The van der Waals surface area contributed by atoms with Gasteiger partial charge in [-0.25, -0.2) is 0 Å². The van der Waals surface area contributed by atoms with Gasteiger partial charge in [-0.15, -0.1) is 10.2 Å². The number of tetrazole rings is 1. The molecule has 2 heterocycles. The van der Waals surface area contributed by atoms with Gasteiger partial charge in [0.2, 0.25) is 11.7 Å². The van der Waals surface area contributed by atoms with E-state index in [4.69, 9.17) is 23.4 Å². The zero-order valence-electron chi connectivity index (χ0n) is 26.6. The average molecular weight is 633 g/mol. The smallest absolute Gasteiger partial charge is 0.250 e. The third kappa shape index (κ3) is 7.59. The lowest BCUT2D eigenvalue weighted by molar-refractivity contribution is -0.142. The lowest BCUT2D eigenvalue weighted by Gasteiger charge is -2.32. The molecule has 2 aromatic heterocycles. The fraction of sp³-hybridized carbons (Fsp3) is 0.424. The van der Waals surface area contributed by atoms with Gasteiger partial charge >= 0.3 is 0 Å². The van der Waals surface area contributed by atoms with E-state index in [9.17, 15) is 9.59 Å². The maximum atomic E-state index is 14.1. The van der Waals surface area contributed by atoms with Crippen LogP contribution in [0.15, 0.2) is 59.2 Å². The van der Waals surface area contributed by atoms with Crippen molar-refractivity contribution in [2.24, 2.45) is 0 Å². The Hall–Kier alpha value is -5.07. The molecule has 0 aliphatic heterocycles. The third-order valence-electron chi connectivity index (χ3n) is 8.11. The van der Waals surface area contributed by atoms with E-state index in [1.807, 2.05) is 18.2 Å². The van der Waals surface area contributed by atoms with Gasteiger partial charge in [0.1, 0.15) is 12.3 Å². The molecular formula is C33H40N6O7. The van der Waals surface area contributed by atoms with Crippen molar-refractivity contribution in [3.05, 3.63) is 66.1 Å². The molecule has 13 heteroatoms. The summed E-state index contributed by atoms with van der Waals surface area (Å²) in [5.74, 6) is 2.26. The van der Waals surface area contributed by atoms with Crippen molar-refractivity contribution in [3.63, 3.8) is 0 Å². The van der Waals surface area contributed by atoms with E-state index in [0.717, 1.165) is 37.7 Å². The average Bonchev–Trinajstić information content (AvgIpc) is 3.79. The first-order valence-electron chi connectivity index (χ1n) is 15.3. The van der Waals surface area contributed by atoms with E-state index >= 15 is 0 Å². The molecule has 46 heavy (non-hydrogen) atoms. The maximum Gasteiger partial charge on any atom is 0.250 e. The van der Waals surface area contributed by atoms with Crippen molar-refractivity contribution in [2.75, 3.05) is 35.0 Å². The van der Waals surface area contributed by atoms with Gasteiger partial charge in [-0.1, -0.05) is 25.3 Å². The van der Waals surface area contributed by atoms with Crippen LogP contribution < -0.4 is 24.3 Å². The number of hydrogen-bond acceptors (Lipinski definition) is 10. The summed E-state index contributed by atoms with van der Waals surface area (Å²) < 4.78 is 27.3. The summed E-state index contributed by atoms with van der Waals surface area (Å²) in [7, 11) is 6.24. The molecular weight excluding hydrogens is 592 g/mol. The van der Waals surface area contributed by atoms with Gasteiger partial charge in [-0.05, 0) is 72.5 Å². The Morgan fingerprint density at radius 3 is 2.30 bits per heavy atom. The van der Waals surface area contributed by atoms with Crippen molar-refractivity contribution >= 4 is 11.8 Å². The Kier molecular flexibility index (Phi) is 10.7. The lowest BCUT2D eigenvalue weighted by Crippen LogP contribution is -2.48. The number of carbonyl (C=O) groups is 2. The van der Waals surface area contributed by atoms with Crippen LogP contribution in [0, 0.1) is 0 Å². The zero-order valence-corrected chi connectivity index (χ0v) is 26.6. The molecule has 1 aliphatic carbocycles. The summed E-state index contributed by atoms with van der Waals surface area (Å²) in [6.07, 6.45) is 7.00. The summed E-state index contributed by atoms with van der Waals surface area (Å²) in [5, 5.41) is 15.9. The van der Waals surface area contributed by atoms with E-state index in [1.54, 1.807) is 58.8 Å². The fourth-order valence-electron chi connectivity index (χ4n) is 5.69. The van der Waals surface area contributed by atoms with Crippen LogP contribution in [0.3, 0.4) is 0 Å². The number of carbonyl (C=O) groups excluding carboxylic acids is 2. The number of nitrogens with zero attached hydrogens (tertiary/aromatic N) is 5. The topological polar surface area (TPSA) is 143 Å². The molecule has 1 saturated carbocycles. The summed E-state index contributed by atoms with van der Waals surface area (Å²) in [4.78, 5) is 30.8. The minimum Gasteiger partial charge on any atom is -0.493 e. The van der Waals surface area contributed by atoms with E-state index in [1.165, 1.54) is 16.0 Å². The summed E-state index contributed by atoms with van der Waals surface area (Å²) in [5.41, 5.74) is 1.54.